The maximum atomic E-state index is 10.9. The molecule has 0 aromatic carbocycles. The average Bonchev–Trinajstić information content (AvgIpc) is 1.87. The first-order chi connectivity index (χ1) is 4.67. The molecule has 0 bridgehead atoms. The van der Waals surface area contributed by atoms with Crippen LogP contribution in [0.4, 0.5) is 0 Å². The molecule has 10 heavy (non-hydrogen) atoms. The van der Waals surface area contributed by atoms with E-state index in [0.717, 1.165) is 6.42 Å². The topological polar surface area (TPSA) is 72.2 Å². The van der Waals surface area contributed by atoms with Crippen molar-refractivity contribution in [3.05, 3.63) is 0 Å². The molecule has 0 amide bonds. The van der Waals surface area contributed by atoms with E-state index in [1.165, 1.54) is 0 Å². The Morgan fingerprint density at radius 3 is 2.60 bits per heavy atom. The first kappa shape index (κ1) is 7.97. The SMILES string of the molecule is NNCCC1CCS1(=O)=O. The molecule has 0 spiro atoms. The summed E-state index contributed by atoms with van der Waals surface area (Å²) in [6, 6.07) is 0. The zero-order valence-electron chi connectivity index (χ0n) is 5.71. The molecule has 1 heterocycles. The lowest BCUT2D eigenvalue weighted by atomic mass is 10.2. The fraction of sp³-hybridized carbons (Fsp3) is 1.00. The van der Waals surface area contributed by atoms with Crippen LogP contribution >= 0.6 is 0 Å². The van der Waals surface area contributed by atoms with E-state index >= 15 is 0 Å². The number of sulfone groups is 1. The number of nitrogens with two attached hydrogens (primary N) is 1. The third kappa shape index (κ3) is 1.47. The van der Waals surface area contributed by atoms with Crippen LogP contribution in [-0.4, -0.2) is 26.0 Å². The Bertz CT molecular complexity index is 200. The fourth-order valence-electron chi connectivity index (χ4n) is 1.05. The molecule has 3 N–H and O–H groups in total. The Hall–Kier alpha value is -0.130. The molecule has 0 aliphatic carbocycles. The molecule has 1 unspecified atom stereocenters. The van der Waals surface area contributed by atoms with E-state index in [9.17, 15) is 8.42 Å². The minimum Gasteiger partial charge on any atom is -0.271 e. The number of nitrogens with one attached hydrogen (secondary N) is 1. The maximum absolute atomic E-state index is 10.9. The summed E-state index contributed by atoms with van der Waals surface area (Å²) in [6.07, 6.45) is 1.46. The van der Waals surface area contributed by atoms with Gasteiger partial charge in [0.1, 0.15) is 0 Å². The minimum atomic E-state index is -2.69. The van der Waals surface area contributed by atoms with Gasteiger partial charge >= 0.3 is 0 Å². The molecule has 0 saturated carbocycles. The van der Waals surface area contributed by atoms with E-state index in [1.54, 1.807) is 0 Å². The van der Waals surface area contributed by atoms with Crippen molar-refractivity contribution in [2.45, 2.75) is 18.1 Å². The summed E-state index contributed by atoms with van der Waals surface area (Å²) in [4.78, 5) is 0. The lowest BCUT2D eigenvalue weighted by Gasteiger charge is -2.25. The summed E-state index contributed by atoms with van der Waals surface area (Å²) in [5.74, 6) is 5.36. The molecule has 1 fully saturated rings. The van der Waals surface area contributed by atoms with Crippen molar-refractivity contribution in [2.24, 2.45) is 5.84 Å². The zero-order valence-corrected chi connectivity index (χ0v) is 6.52. The second-order valence-corrected chi connectivity index (χ2v) is 4.92. The van der Waals surface area contributed by atoms with Crippen molar-refractivity contribution >= 4 is 9.84 Å². The second kappa shape index (κ2) is 2.86. The highest BCUT2D eigenvalue weighted by Gasteiger charge is 2.34. The first-order valence-corrected chi connectivity index (χ1v) is 5.03. The fourth-order valence-corrected chi connectivity index (χ4v) is 2.48. The summed E-state index contributed by atoms with van der Waals surface area (Å²) in [5.41, 5.74) is 2.44. The molecule has 1 atom stereocenters. The molecule has 60 valence electrons. The maximum Gasteiger partial charge on any atom is 0.153 e. The van der Waals surface area contributed by atoms with E-state index in [0.29, 0.717) is 18.7 Å². The number of hydrogen-bond donors (Lipinski definition) is 2. The lowest BCUT2D eigenvalue weighted by Crippen LogP contribution is -2.39. The van der Waals surface area contributed by atoms with Gasteiger partial charge in [0, 0.05) is 6.54 Å². The van der Waals surface area contributed by atoms with Crippen LogP contribution in [0.5, 0.6) is 0 Å². The van der Waals surface area contributed by atoms with Crippen molar-refractivity contribution < 1.29 is 8.42 Å². The van der Waals surface area contributed by atoms with Crippen LogP contribution in [0.25, 0.3) is 0 Å². The molecule has 0 radical (unpaired) electrons. The van der Waals surface area contributed by atoms with Crippen molar-refractivity contribution in [1.29, 1.82) is 0 Å². The minimum absolute atomic E-state index is 0.122. The molecular formula is C5H12N2O2S. The highest BCUT2D eigenvalue weighted by atomic mass is 32.2. The van der Waals surface area contributed by atoms with Crippen LogP contribution in [0.2, 0.25) is 0 Å². The van der Waals surface area contributed by atoms with E-state index < -0.39 is 9.84 Å². The van der Waals surface area contributed by atoms with Gasteiger partial charge in [-0.15, -0.1) is 0 Å². The van der Waals surface area contributed by atoms with Crippen LogP contribution in [0, 0.1) is 0 Å². The number of hydrogen-bond acceptors (Lipinski definition) is 4. The molecule has 1 aliphatic heterocycles. The Labute approximate surface area is 60.7 Å². The van der Waals surface area contributed by atoms with Crippen LogP contribution in [0.3, 0.4) is 0 Å². The smallest absolute Gasteiger partial charge is 0.153 e. The van der Waals surface area contributed by atoms with Gasteiger partial charge in [-0.3, -0.25) is 11.3 Å². The number of hydrazine groups is 1. The van der Waals surface area contributed by atoms with E-state index in [4.69, 9.17) is 5.84 Å². The third-order valence-corrected chi connectivity index (χ3v) is 4.13. The van der Waals surface area contributed by atoms with Gasteiger partial charge in [0.15, 0.2) is 9.84 Å². The van der Waals surface area contributed by atoms with Crippen molar-refractivity contribution in [1.82, 2.24) is 5.43 Å². The predicted molar refractivity (Wildman–Crippen MR) is 39.0 cm³/mol. The summed E-state index contributed by atoms with van der Waals surface area (Å²) >= 11 is 0. The largest absolute Gasteiger partial charge is 0.271 e. The van der Waals surface area contributed by atoms with Gasteiger partial charge in [-0.2, -0.15) is 0 Å². The Morgan fingerprint density at radius 2 is 2.30 bits per heavy atom. The van der Waals surface area contributed by atoms with Gasteiger partial charge in [0.25, 0.3) is 0 Å². The van der Waals surface area contributed by atoms with E-state index in [2.05, 4.69) is 5.43 Å². The second-order valence-electron chi connectivity index (χ2n) is 2.52. The third-order valence-electron chi connectivity index (χ3n) is 1.84. The monoisotopic (exact) mass is 164 g/mol. The standard InChI is InChI=1S/C5H12N2O2S/c6-7-3-1-5-2-4-10(5,8)9/h5,7H,1-4,6H2. The quantitative estimate of drug-likeness (QED) is 0.416. The van der Waals surface area contributed by atoms with E-state index in [1.807, 2.05) is 0 Å². The normalized spacial score (nSPS) is 29.5. The van der Waals surface area contributed by atoms with Crippen LogP contribution in [0.1, 0.15) is 12.8 Å². The van der Waals surface area contributed by atoms with Gasteiger partial charge in [-0.25, -0.2) is 8.42 Å². The Balaban J connectivity index is 2.31. The lowest BCUT2D eigenvalue weighted by molar-refractivity contribution is 0.526. The Morgan fingerprint density at radius 1 is 1.60 bits per heavy atom. The molecule has 0 aromatic heterocycles. The highest BCUT2D eigenvalue weighted by Crippen LogP contribution is 2.22. The van der Waals surface area contributed by atoms with Crippen molar-refractivity contribution in [3.8, 4) is 0 Å². The van der Waals surface area contributed by atoms with E-state index in [-0.39, 0.29) is 5.25 Å². The summed E-state index contributed by atoms with van der Waals surface area (Å²) in [5, 5.41) is -0.122. The summed E-state index contributed by atoms with van der Waals surface area (Å²) in [6.45, 7) is 0.587. The summed E-state index contributed by atoms with van der Waals surface area (Å²) < 4.78 is 21.7. The van der Waals surface area contributed by atoms with Crippen molar-refractivity contribution in [2.75, 3.05) is 12.3 Å². The molecule has 5 heteroatoms. The predicted octanol–water partition coefficient (Wildman–Crippen LogP) is -0.973. The Kier molecular flexibility index (Phi) is 2.28. The molecule has 4 nitrogen and oxygen atoms in total. The average molecular weight is 164 g/mol. The highest BCUT2D eigenvalue weighted by molar-refractivity contribution is 7.93. The molecular weight excluding hydrogens is 152 g/mol. The van der Waals surface area contributed by atoms with Crippen LogP contribution in [0.15, 0.2) is 0 Å². The van der Waals surface area contributed by atoms with Crippen LogP contribution < -0.4 is 11.3 Å². The van der Waals surface area contributed by atoms with Crippen molar-refractivity contribution in [3.63, 3.8) is 0 Å². The zero-order chi connectivity index (χ0) is 7.61. The van der Waals surface area contributed by atoms with Gasteiger partial charge in [-0.1, -0.05) is 0 Å². The van der Waals surface area contributed by atoms with Gasteiger partial charge in [0.05, 0.1) is 11.0 Å². The van der Waals surface area contributed by atoms with Crippen LogP contribution in [-0.2, 0) is 9.84 Å². The van der Waals surface area contributed by atoms with Gasteiger partial charge < -0.3 is 0 Å². The summed E-state index contributed by atoms with van der Waals surface area (Å²) in [7, 11) is -2.69. The first-order valence-electron chi connectivity index (χ1n) is 3.32. The molecule has 1 aliphatic rings. The molecule has 1 saturated heterocycles. The van der Waals surface area contributed by atoms with Gasteiger partial charge in [0.2, 0.25) is 0 Å². The van der Waals surface area contributed by atoms with Gasteiger partial charge in [-0.05, 0) is 12.8 Å². The molecule has 0 aromatic rings. The molecule has 1 rings (SSSR count). The number of rotatable bonds is 3.